The van der Waals surface area contributed by atoms with E-state index >= 15 is 0 Å². The van der Waals surface area contributed by atoms with Crippen LogP contribution in [-0.2, 0) is 4.79 Å². The molecule has 1 fully saturated rings. The zero-order chi connectivity index (χ0) is 19.7. The van der Waals surface area contributed by atoms with Crippen molar-refractivity contribution in [3.8, 4) is 0 Å². The summed E-state index contributed by atoms with van der Waals surface area (Å²) in [6, 6.07) is 10.1. The van der Waals surface area contributed by atoms with Crippen LogP contribution in [0.25, 0.3) is 5.65 Å². The summed E-state index contributed by atoms with van der Waals surface area (Å²) in [7, 11) is 0. The first-order valence-electron chi connectivity index (χ1n) is 9.76. The van der Waals surface area contributed by atoms with Gasteiger partial charge in [0.2, 0.25) is 5.91 Å². The van der Waals surface area contributed by atoms with E-state index in [1.807, 2.05) is 24.0 Å². The number of carbonyl (C=O) groups excluding carboxylic acids is 1. The summed E-state index contributed by atoms with van der Waals surface area (Å²) in [5, 5.41) is 15.8. The van der Waals surface area contributed by atoms with Gasteiger partial charge in [-0.1, -0.05) is 17.7 Å². The summed E-state index contributed by atoms with van der Waals surface area (Å²) in [6.45, 7) is 8.45. The van der Waals surface area contributed by atoms with E-state index < -0.39 is 0 Å². The van der Waals surface area contributed by atoms with Crippen LogP contribution in [0.5, 0.6) is 0 Å². The number of rotatable bonds is 4. The number of fused-ring (bicyclic) bond motifs is 1. The van der Waals surface area contributed by atoms with Crippen molar-refractivity contribution in [1.82, 2.24) is 25.3 Å². The van der Waals surface area contributed by atoms with E-state index in [9.17, 15) is 4.79 Å². The van der Waals surface area contributed by atoms with Gasteiger partial charge in [-0.25, -0.2) is 0 Å². The van der Waals surface area contributed by atoms with Crippen molar-refractivity contribution in [2.75, 3.05) is 29.4 Å². The number of amides is 1. The monoisotopic (exact) mass is 379 g/mol. The molecule has 1 aliphatic rings. The summed E-state index contributed by atoms with van der Waals surface area (Å²) < 4.78 is 1.44. The number of benzene rings is 1. The Morgan fingerprint density at radius 3 is 2.68 bits per heavy atom. The molecule has 146 valence electrons. The molecule has 4 rings (SSSR count). The third-order valence-corrected chi connectivity index (χ3v) is 5.45. The van der Waals surface area contributed by atoms with E-state index in [4.69, 9.17) is 0 Å². The van der Waals surface area contributed by atoms with Crippen molar-refractivity contribution in [3.63, 3.8) is 0 Å². The molecule has 1 amide bonds. The minimum absolute atomic E-state index is 0.0358. The average Bonchev–Trinajstić information content (AvgIpc) is 3.18. The second-order valence-corrected chi connectivity index (χ2v) is 7.35. The lowest BCUT2D eigenvalue weighted by atomic mass is 9.94. The molecule has 1 aromatic carbocycles. The number of aromatic nitrogens is 5. The van der Waals surface area contributed by atoms with Crippen LogP contribution in [0, 0.1) is 19.8 Å². The van der Waals surface area contributed by atoms with Crippen molar-refractivity contribution >= 4 is 23.1 Å². The van der Waals surface area contributed by atoms with E-state index in [2.05, 4.69) is 57.6 Å². The topological polar surface area (TPSA) is 79.5 Å². The molecule has 0 bridgehead atoms. The largest absolute Gasteiger partial charge is 0.355 e. The standard InChI is InChI=1S/C20H25N7O/c1-4-26(17-6-5-14(2)13-15(17)3)20(28)16-9-11-25(12-10-16)19-8-7-18-21-23-24-27(18)22-19/h5-8,13,16H,4,9-12H2,1-3H3. The molecule has 3 heterocycles. The summed E-state index contributed by atoms with van der Waals surface area (Å²) >= 11 is 0. The Morgan fingerprint density at radius 1 is 1.18 bits per heavy atom. The summed E-state index contributed by atoms with van der Waals surface area (Å²) in [5.41, 5.74) is 4.00. The van der Waals surface area contributed by atoms with Gasteiger partial charge in [-0.15, -0.1) is 14.8 Å². The number of hydrogen-bond acceptors (Lipinski definition) is 6. The molecule has 28 heavy (non-hydrogen) atoms. The third kappa shape index (κ3) is 3.42. The van der Waals surface area contributed by atoms with Crippen molar-refractivity contribution in [2.24, 2.45) is 5.92 Å². The molecule has 0 saturated carbocycles. The zero-order valence-electron chi connectivity index (χ0n) is 16.5. The molecular weight excluding hydrogens is 354 g/mol. The van der Waals surface area contributed by atoms with Gasteiger partial charge < -0.3 is 9.80 Å². The lowest BCUT2D eigenvalue weighted by Crippen LogP contribution is -2.43. The van der Waals surface area contributed by atoms with Crippen LogP contribution < -0.4 is 9.80 Å². The summed E-state index contributed by atoms with van der Waals surface area (Å²) in [5.74, 6) is 1.10. The number of hydrogen-bond donors (Lipinski definition) is 0. The second-order valence-electron chi connectivity index (χ2n) is 7.35. The van der Waals surface area contributed by atoms with Crippen LogP contribution in [-0.4, -0.2) is 50.8 Å². The molecule has 3 aromatic rings. The zero-order valence-corrected chi connectivity index (χ0v) is 16.5. The van der Waals surface area contributed by atoms with E-state index in [1.165, 1.54) is 10.2 Å². The normalized spacial score (nSPS) is 15.2. The predicted octanol–water partition coefficient (Wildman–Crippen LogP) is 2.41. The van der Waals surface area contributed by atoms with E-state index in [1.54, 1.807) is 0 Å². The number of aryl methyl sites for hydroxylation is 2. The van der Waals surface area contributed by atoms with E-state index in [-0.39, 0.29) is 11.8 Å². The first-order chi connectivity index (χ1) is 13.6. The number of nitrogens with zero attached hydrogens (tertiary/aromatic N) is 7. The molecule has 0 unspecified atom stereocenters. The maximum Gasteiger partial charge on any atom is 0.230 e. The molecule has 1 aliphatic heterocycles. The molecular formula is C20H25N7O. The third-order valence-electron chi connectivity index (χ3n) is 5.45. The Morgan fingerprint density at radius 2 is 1.96 bits per heavy atom. The molecule has 0 atom stereocenters. The van der Waals surface area contributed by atoms with Crippen molar-refractivity contribution in [1.29, 1.82) is 0 Å². The van der Waals surface area contributed by atoms with Gasteiger partial charge >= 0.3 is 0 Å². The van der Waals surface area contributed by atoms with Crippen LogP contribution in [0.4, 0.5) is 11.5 Å². The Bertz CT molecular complexity index is 991. The summed E-state index contributed by atoms with van der Waals surface area (Å²) in [4.78, 5) is 17.3. The maximum atomic E-state index is 13.2. The quantitative estimate of drug-likeness (QED) is 0.693. The summed E-state index contributed by atoms with van der Waals surface area (Å²) in [6.07, 6.45) is 1.63. The van der Waals surface area contributed by atoms with Gasteiger partial charge in [0.1, 0.15) is 0 Å². The number of piperidine rings is 1. The molecule has 8 nitrogen and oxygen atoms in total. The minimum atomic E-state index is 0.0358. The molecule has 0 radical (unpaired) electrons. The predicted molar refractivity (Wildman–Crippen MR) is 107 cm³/mol. The molecule has 2 aromatic heterocycles. The SMILES string of the molecule is CCN(C(=O)C1CCN(c2ccc3nnnn3n2)CC1)c1ccc(C)cc1C. The Labute approximate surface area is 164 Å². The Kier molecular flexibility index (Phi) is 4.93. The molecule has 0 N–H and O–H groups in total. The van der Waals surface area contributed by atoms with Crippen LogP contribution in [0.1, 0.15) is 30.9 Å². The highest BCUT2D eigenvalue weighted by Crippen LogP contribution is 2.27. The van der Waals surface area contributed by atoms with Gasteiger partial charge in [-0.2, -0.15) is 0 Å². The maximum absolute atomic E-state index is 13.2. The van der Waals surface area contributed by atoms with Crippen molar-refractivity contribution < 1.29 is 4.79 Å². The fourth-order valence-corrected chi connectivity index (χ4v) is 3.94. The number of tetrazole rings is 1. The molecule has 1 saturated heterocycles. The highest BCUT2D eigenvalue weighted by atomic mass is 16.2. The van der Waals surface area contributed by atoms with Gasteiger partial charge in [-0.05, 0) is 67.8 Å². The number of carbonyl (C=O) groups is 1. The van der Waals surface area contributed by atoms with E-state index in [0.29, 0.717) is 12.2 Å². The lowest BCUT2D eigenvalue weighted by molar-refractivity contribution is -0.122. The number of anilines is 2. The van der Waals surface area contributed by atoms with Crippen LogP contribution in [0.15, 0.2) is 30.3 Å². The fraction of sp³-hybridized carbons (Fsp3) is 0.450. The van der Waals surface area contributed by atoms with E-state index in [0.717, 1.165) is 43.0 Å². The van der Waals surface area contributed by atoms with Gasteiger partial charge in [0.25, 0.3) is 0 Å². The highest BCUT2D eigenvalue weighted by molar-refractivity contribution is 5.95. The second kappa shape index (κ2) is 7.53. The highest BCUT2D eigenvalue weighted by Gasteiger charge is 2.29. The van der Waals surface area contributed by atoms with Gasteiger partial charge in [0.15, 0.2) is 11.5 Å². The minimum Gasteiger partial charge on any atom is -0.355 e. The van der Waals surface area contributed by atoms with Gasteiger partial charge in [-0.3, -0.25) is 4.79 Å². The molecule has 0 spiro atoms. The Balaban J connectivity index is 1.45. The first-order valence-corrected chi connectivity index (χ1v) is 9.76. The first kappa shape index (κ1) is 18.3. The lowest BCUT2D eigenvalue weighted by Gasteiger charge is -2.34. The van der Waals surface area contributed by atoms with Crippen molar-refractivity contribution in [3.05, 3.63) is 41.5 Å². The molecule has 0 aliphatic carbocycles. The van der Waals surface area contributed by atoms with Crippen LogP contribution >= 0.6 is 0 Å². The van der Waals surface area contributed by atoms with Crippen LogP contribution in [0.3, 0.4) is 0 Å². The van der Waals surface area contributed by atoms with Gasteiger partial charge in [0.05, 0.1) is 0 Å². The average molecular weight is 379 g/mol. The Hall–Kier alpha value is -3.03. The molecule has 8 heteroatoms. The smallest absolute Gasteiger partial charge is 0.230 e. The van der Waals surface area contributed by atoms with Gasteiger partial charge in [0, 0.05) is 31.2 Å². The fourth-order valence-electron chi connectivity index (χ4n) is 3.94. The van der Waals surface area contributed by atoms with Crippen molar-refractivity contribution in [2.45, 2.75) is 33.6 Å². The van der Waals surface area contributed by atoms with Crippen LogP contribution in [0.2, 0.25) is 0 Å².